The predicted octanol–water partition coefficient (Wildman–Crippen LogP) is 1.32. The number of phosphoric acid groups is 1. The number of carbonyl (C=O) groups is 1. The molecule has 126 valence electrons. The molecule has 1 unspecified atom stereocenters. The Kier molecular flexibility index (Phi) is 10.1. The number of likely N-dealkylation sites (N-methyl/N-ethyl adjacent to an activating group) is 1. The standard InChI is InChI=1S/C13H28NO6P/c1-5-14(6-2,7-3)9-12-20-21(16,17)19-11-8-10-18-13(4)15/h5-12H2,1-4H3. The van der Waals surface area contributed by atoms with Gasteiger partial charge in [0.25, 0.3) is 7.82 Å². The third-order valence-electron chi connectivity index (χ3n) is 3.67. The summed E-state index contributed by atoms with van der Waals surface area (Å²) in [4.78, 5) is 22.1. The molecule has 0 spiro atoms. The van der Waals surface area contributed by atoms with Crippen LogP contribution < -0.4 is 4.89 Å². The molecule has 21 heavy (non-hydrogen) atoms. The van der Waals surface area contributed by atoms with Crippen LogP contribution in [0, 0.1) is 0 Å². The molecule has 0 aliphatic heterocycles. The van der Waals surface area contributed by atoms with Gasteiger partial charge in [-0.1, -0.05) is 0 Å². The topological polar surface area (TPSA) is 84.9 Å². The summed E-state index contributed by atoms with van der Waals surface area (Å²) >= 11 is 0. The molecule has 8 heteroatoms. The van der Waals surface area contributed by atoms with Gasteiger partial charge < -0.3 is 23.2 Å². The summed E-state index contributed by atoms with van der Waals surface area (Å²) < 4.78 is 26.6. The number of rotatable bonds is 12. The quantitative estimate of drug-likeness (QED) is 0.233. The molecule has 0 amide bonds. The van der Waals surface area contributed by atoms with Crippen LogP contribution in [0.15, 0.2) is 0 Å². The fourth-order valence-corrected chi connectivity index (χ4v) is 2.71. The first kappa shape index (κ1) is 20.5. The molecule has 0 fully saturated rings. The number of hydrogen-bond donors (Lipinski definition) is 0. The van der Waals surface area contributed by atoms with Crippen LogP contribution in [0.25, 0.3) is 0 Å². The summed E-state index contributed by atoms with van der Waals surface area (Å²) in [7, 11) is -4.27. The molecule has 0 saturated heterocycles. The molecule has 7 nitrogen and oxygen atoms in total. The Bertz CT molecular complexity index is 337. The molecular weight excluding hydrogens is 297 g/mol. The van der Waals surface area contributed by atoms with Gasteiger partial charge in [0, 0.05) is 13.3 Å². The van der Waals surface area contributed by atoms with Crippen molar-refractivity contribution in [2.45, 2.75) is 34.1 Å². The molecule has 0 heterocycles. The molecule has 0 aromatic heterocycles. The van der Waals surface area contributed by atoms with Gasteiger partial charge in [0.15, 0.2) is 0 Å². The van der Waals surface area contributed by atoms with E-state index in [0.29, 0.717) is 13.0 Å². The maximum absolute atomic E-state index is 11.5. The number of carbonyl (C=O) groups excluding carboxylic acids is 1. The minimum absolute atomic E-state index is 0.0522. The van der Waals surface area contributed by atoms with E-state index in [2.05, 4.69) is 25.5 Å². The number of hydrogen-bond acceptors (Lipinski definition) is 6. The Hall–Kier alpha value is -0.460. The zero-order valence-corrected chi connectivity index (χ0v) is 14.4. The Balaban J connectivity index is 3.96. The van der Waals surface area contributed by atoms with E-state index in [1.807, 2.05) is 0 Å². The van der Waals surface area contributed by atoms with Crippen LogP contribution in [0.2, 0.25) is 0 Å². The lowest BCUT2D eigenvalue weighted by Gasteiger charge is -2.36. The van der Waals surface area contributed by atoms with Gasteiger partial charge in [-0.05, 0) is 20.8 Å². The number of esters is 1. The summed E-state index contributed by atoms with van der Waals surface area (Å²) in [6.45, 7) is 11.2. The minimum atomic E-state index is -4.27. The minimum Gasteiger partial charge on any atom is -0.756 e. The highest BCUT2D eigenvalue weighted by atomic mass is 31.2. The lowest BCUT2D eigenvalue weighted by molar-refractivity contribution is -0.923. The number of phosphoric ester groups is 1. The van der Waals surface area contributed by atoms with Crippen LogP contribution in [0.5, 0.6) is 0 Å². The van der Waals surface area contributed by atoms with Crippen LogP contribution in [0.1, 0.15) is 34.1 Å². The van der Waals surface area contributed by atoms with E-state index in [9.17, 15) is 14.3 Å². The Morgan fingerprint density at radius 1 is 1.05 bits per heavy atom. The average Bonchev–Trinajstić information content (AvgIpc) is 2.43. The second kappa shape index (κ2) is 10.3. The maximum atomic E-state index is 11.5. The summed E-state index contributed by atoms with van der Waals surface area (Å²) in [5, 5.41) is 0. The third-order valence-corrected chi connectivity index (χ3v) is 4.67. The molecule has 0 aliphatic carbocycles. The Morgan fingerprint density at radius 2 is 1.57 bits per heavy atom. The number of ether oxygens (including phenoxy) is 1. The summed E-state index contributed by atoms with van der Waals surface area (Å²) in [6, 6.07) is 0. The molecule has 1 atom stereocenters. The van der Waals surface area contributed by atoms with Crippen molar-refractivity contribution >= 4 is 13.8 Å². The highest BCUT2D eigenvalue weighted by molar-refractivity contribution is 7.45. The maximum Gasteiger partial charge on any atom is 0.302 e. The van der Waals surface area contributed by atoms with Crippen molar-refractivity contribution in [3.63, 3.8) is 0 Å². The monoisotopic (exact) mass is 325 g/mol. The smallest absolute Gasteiger partial charge is 0.302 e. The second-order valence-corrected chi connectivity index (χ2v) is 6.23. The van der Waals surface area contributed by atoms with Crippen LogP contribution in [-0.4, -0.2) is 56.5 Å². The molecule has 0 radical (unpaired) electrons. The SMILES string of the molecule is CC[N+](CC)(CC)CCOP(=O)([O-])OCCCOC(C)=O. The van der Waals surface area contributed by atoms with Crippen molar-refractivity contribution in [2.75, 3.05) is 46.0 Å². The van der Waals surface area contributed by atoms with Gasteiger partial charge in [-0.2, -0.15) is 0 Å². The molecule has 0 aliphatic rings. The molecule has 0 aromatic carbocycles. The second-order valence-electron chi connectivity index (χ2n) is 4.82. The van der Waals surface area contributed by atoms with Gasteiger partial charge in [0.1, 0.15) is 13.2 Å². The fraction of sp³-hybridized carbons (Fsp3) is 0.923. The lowest BCUT2D eigenvalue weighted by Crippen LogP contribution is -2.49. The number of quaternary nitrogens is 1. The highest BCUT2D eigenvalue weighted by Gasteiger charge is 2.21. The van der Waals surface area contributed by atoms with E-state index >= 15 is 0 Å². The fourth-order valence-electron chi connectivity index (χ4n) is 1.98. The van der Waals surface area contributed by atoms with Crippen molar-refractivity contribution < 1.29 is 32.5 Å². The van der Waals surface area contributed by atoms with E-state index < -0.39 is 13.8 Å². The molecule has 0 rings (SSSR count). The lowest BCUT2D eigenvalue weighted by atomic mass is 10.3. The van der Waals surface area contributed by atoms with Gasteiger partial charge in [-0.15, -0.1) is 0 Å². The first-order valence-corrected chi connectivity index (χ1v) is 8.85. The molecular formula is C13H28NO6P. The van der Waals surface area contributed by atoms with Gasteiger partial charge >= 0.3 is 5.97 Å². The molecule has 0 N–H and O–H groups in total. The van der Waals surface area contributed by atoms with Crippen molar-refractivity contribution in [1.82, 2.24) is 0 Å². The normalized spacial score (nSPS) is 14.7. The van der Waals surface area contributed by atoms with Crippen LogP contribution in [-0.2, 0) is 23.1 Å². The van der Waals surface area contributed by atoms with Crippen LogP contribution in [0.3, 0.4) is 0 Å². The number of nitrogens with zero attached hydrogens (tertiary/aromatic N) is 1. The Labute approximate surface area is 127 Å². The van der Waals surface area contributed by atoms with Gasteiger partial charge in [0.05, 0.1) is 32.8 Å². The molecule has 0 saturated carbocycles. The molecule has 0 bridgehead atoms. The van der Waals surface area contributed by atoms with E-state index in [0.717, 1.165) is 24.1 Å². The first-order valence-electron chi connectivity index (χ1n) is 7.39. The van der Waals surface area contributed by atoms with Gasteiger partial charge in [0.2, 0.25) is 0 Å². The zero-order chi connectivity index (χ0) is 16.4. The van der Waals surface area contributed by atoms with Crippen molar-refractivity contribution in [1.29, 1.82) is 0 Å². The van der Waals surface area contributed by atoms with E-state index in [4.69, 9.17) is 9.05 Å². The zero-order valence-electron chi connectivity index (χ0n) is 13.5. The highest BCUT2D eigenvalue weighted by Crippen LogP contribution is 2.38. The van der Waals surface area contributed by atoms with Crippen LogP contribution in [0.4, 0.5) is 0 Å². The Morgan fingerprint density at radius 3 is 2.05 bits per heavy atom. The van der Waals surface area contributed by atoms with E-state index in [-0.39, 0.29) is 19.8 Å². The van der Waals surface area contributed by atoms with Crippen molar-refractivity contribution in [3.05, 3.63) is 0 Å². The first-order chi connectivity index (χ1) is 9.81. The molecule has 0 aromatic rings. The largest absolute Gasteiger partial charge is 0.756 e. The van der Waals surface area contributed by atoms with Crippen molar-refractivity contribution in [3.8, 4) is 0 Å². The van der Waals surface area contributed by atoms with Crippen molar-refractivity contribution in [2.24, 2.45) is 0 Å². The average molecular weight is 325 g/mol. The van der Waals surface area contributed by atoms with E-state index in [1.165, 1.54) is 6.92 Å². The predicted molar refractivity (Wildman–Crippen MR) is 77.5 cm³/mol. The summed E-state index contributed by atoms with van der Waals surface area (Å²) in [5.74, 6) is -0.399. The van der Waals surface area contributed by atoms with Crippen LogP contribution >= 0.6 is 7.82 Å². The summed E-state index contributed by atoms with van der Waals surface area (Å²) in [5.41, 5.74) is 0. The van der Waals surface area contributed by atoms with E-state index in [1.54, 1.807) is 0 Å². The third kappa shape index (κ3) is 9.22. The van der Waals surface area contributed by atoms with Gasteiger partial charge in [-0.3, -0.25) is 9.36 Å². The van der Waals surface area contributed by atoms with Gasteiger partial charge in [-0.25, -0.2) is 0 Å². The summed E-state index contributed by atoms with van der Waals surface area (Å²) in [6.07, 6.45) is 0.314.